The van der Waals surface area contributed by atoms with Gasteiger partial charge in [0.1, 0.15) is 12.4 Å². The summed E-state index contributed by atoms with van der Waals surface area (Å²) in [4.78, 5) is 26.2. The van der Waals surface area contributed by atoms with Crippen LogP contribution in [-0.2, 0) is 35.6 Å². The molecule has 1 unspecified atom stereocenters. The van der Waals surface area contributed by atoms with Crippen LogP contribution in [0.4, 0.5) is 0 Å². The first-order valence-electron chi connectivity index (χ1n) is 15.0. The van der Waals surface area contributed by atoms with Gasteiger partial charge >= 0.3 is 5.97 Å². The number of nitrogens with zero attached hydrogens (tertiary/aromatic N) is 4. The summed E-state index contributed by atoms with van der Waals surface area (Å²) in [6.07, 6.45) is 8.89. The largest absolute Gasteiger partial charge is 0.487 e. The molecule has 0 spiro atoms. The minimum Gasteiger partial charge on any atom is -0.487 e. The third-order valence-corrected chi connectivity index (χ3v) is 9.07. The van der Waals surface area contributed by atoms with Gasteiger partial charge in [0.2, 0.25) is 6.61 Å². The molecule has 4 heterocycles. The molecule has 2 aromatic carbocycles. The highest BCUT2D eigenvalue weighted by Gasteiger charge is 2.31. The number of carbonyl (C=O) groups is 1. The summed E-state index contributed by atoms with van der Waals surface area (Å²) in [5.41, 5.74) is 7.40. The highest BCUT2D eigenvalue weighted by Crippen LogP contribution is 2.48. The van der Waals surface area contributed by atoms with E-state index in [1.165, 1.54) is 21.5 Å². The van der Waals surface area contributed by atoms with E-state index < -0.39 is 18.0 Å². The van der Waals surface area contributed by atoms with E-state index in [-0.39, 0.29) is 0 Å². The predicted octanol–water partition coefficient (Wildman–Crippen LogP) is 7.42. The van der Waals surface area contributed by atoms with Crippen LogP contribution in [-0.4, -0.2) is 43.7 Å². The van der Waals surface area contributed by atoms with Gasteiger partial charge in [-0.2, -0.15) is 0 Å². The molecule has 0 fully saturated rings. The SMILES string of the molecule is CC1Cc2c(OCc3ccc(-c4ccccc4)cn3)ccc3c2c(c(CC(C)(C)C=NOCC(=O)O)n3Cc2cccnc2)S1. The van der Waals surface area contributed by atoms with Gasteiger partial charge in [0, 0.05) is 69.1 Å². The lowest BCUT2D eigenvalue weighted by Gasteiger charge is -2.24. The van der Waals surface area contributed by atoms with Crippen molar-refractivity contribution in [3.8, 4) is 16.9 Å². The summed E-state index contributed by atoms with van der Waals surface area (Å²) < 4.78 is 8.87. The Morgan fingerprint density at radius 1 is 1.09 bits per heavy atom. The van der Waals surface area contributed by atoms with Crippen LogP contribution in [0.2, 0.25) is 0 Å². The van der Waals surface area contributed by atoms with E-state index in [0.717, 1.165) is 40.1 Å². The summed E-state index contributed by atoms with van der Waals surface area (Å²) in [5, 5.41) is 14.5. The maximum atomic E-state index is 10.9. The molecule has 230 valence electrons. The Bertz CT molecular complexity index is 1820. The lowest BCUT2D eigenvalue weighted by Crippen LogP contribution is -2.21. The van der Waals surface area contributed by atoms with E-state index in [9.17, 15) is 4.79 Å². The summed E-state index contributed by atoms with van der Waals surface area (Å²) in [5.74, 6) is -0.167. The molecule has 1 atom stereocenters. The highest BCUT2D eigenvalue weighted by molar-refractivity contribution is 8.00. The topological polar surface area (TPSA) is 98.8 Å². The standard InChI is InChI=1S/C36H36N4O4S/c1-24-16-29-32(43-21-28-12-11-27(19-38-28)26-9-5-4-6-10-26)14-13-30-34(29)35(45-24)31(40(30)20-25-8-7-15-37-18-25)17-36(2,3)23-39-44-22-33(41)42/h4-15,18-19,23-24H,16-17,20-22H2,1-3H3,(H,41,42). The molecule has 1 N–H and O–H groups in total. The fourth-order valence-corrected chi connectivity index (χ4v) is 7.06. The van der Waals surface area contributed by atoms with Crippen LogP contribution in [0.3, 0.4) is 0 Å². The molecule has 6 rings (SSSR count). The quantitative estimate of drug-likeness (QED) is 0.114. The smallest absolute Gasteiger partial charge is 0.344 e. The van der Waals surface area contributed by atoms with Crippen LogP contribution in [0, 0.1) is 5.41 Å². The number of aliphatic carboxylic acids is 1. The fraction of sp³-hybridized carbons (Fsp3) is 0.278. The molecule has 5 aromatic rings. The number of rotatable bonds is 12. The number of carboxylic acid groups (broad SMARTS) is 1. The van der Waals surface area contributed by atoms with Crippen molar-refractivity contribution in [1.29, 1.82) is 0 Å². The summed E-state index contributed by atoms with van der Waals surface area (Å²) >= 11 is 1.90. The monoisotopic (exact) mass is 620 g/mol. The van der Waals surface area contributed by atoms with Crippen LogP contribution in [0.15, 0.2) is 95.4 Å². The molecular weight excluding hydrogens is 584 g/mol. The van der Waals surface area contributed by atoms with Crippen LogP contribution < -0.4 is 4.74 Å². The number of aromatic nitrogens is 3. The lowest BCUT2D eigenvalue weighted by molar-refractivity contribution is -0.142. The molecule has 3 aromatic heterocycles. The van der Waals surface area contributed by atoms with Crippen LogP contribution in [0.5, 0.6) is 5.75 Å². The molecule has 1 aliphatic rings. The first kappa shape index (κ1) is 30.4. The molecule has 0 bridgehead atoms. The number of pyridine rings is 2. The normalized spacial score (nSPS) is 14.6. The van der Waals surface area contributed by atoms with Crippen molar-refractivity contribution in [2.45, 2.75) is 56.9 Å². The second-order valence-electron chi connectivity index (χ2n) is 12.1. The van der Waals surface area contributed by atoms with Crippen molar-refractivity contribution in [2.75, 3.05) is 6.61 Å². The van der Waals surface area contributed by atoms with Gasteiger partial charge in [-0.15, -0.1) is 11.8 Å². The first-order chi connectivity index (χ1) is 21.8. The molecule has 9 heteroatoms. The maximum Gasteiger partial charge on any atom is 0.344 e. The zero-order valence-corrected chi connectivity index (χ0v) is 26.5. The first-order valence-corrected chi connectivity index (χ1v) is 15.9. The molecule has 0 saturated heterocycles. The average Bonchev–Trinajstić information content (AvgIpc) is 3.31. The Morgan fingerprint density at radius 2 is 1.93 bits per heavy atom. The van der Waals surface area contributed by atoms with Crippen molar-refractivity contribution in [3.63, 3.8) is 0 Å². The Balaban J connectivity index is 1.34. The third kappa shape index (κ3) is 7.04. The van der Waals surface area contributed by atoms with E-state index in [1.54, 1.807) is 12.4 Å². The van der Waals surface area contributed by atoms with Crippen molar-refractivity contribution in [3.05, 3.63) is 108 Å². The van der Waals surface area contributed by atoms with Gasteiger partial charge in [-0.05, 0) is 48.2 Å². The van der Waals surface area contributed by atoms with E-state index in [1.807, 2.05) is 54.5 Å². The second-order valence-corrected chi connectivity index (χ2v) is 13.5. The van der Waals surface area contributed by atoms with Gasteiger partial charge in [0.15, 0.2) is 0 Å². The van der Waals surface area contributed by atoms with Crippen LogP contribution in [0.1, 0.15) is 43.3 Å². The van der Waals surface area contributed by atoms with Crippen molar-refractivity contribution in [2.24, 2.45) is 10.6 Å². The number of hydrogen-bond donors (Lipinski definition) is 1. The summed E-state index contributed by atoms with van der Waals surface area (Å²) in [6.45, 7) is 7.02. The van der Waals surface area contributed by atoms with Gasteiger partial charge in [-0.1, -0.05) is 68.4 Å². The number of oxime groups is 1. The highest BCUT2D eigenvalue weighted by atomic mass is 32.2. The van der Waals surface area contributed by atoms with Crippen LogP contribution in [0.25, 0.3) is 22.0 Å². The van der Waals surface area contributed by atoms with E-state index >= 15 is 0 Å². The number of thioether (sulfide) groups is 1. The third-order valence-electron chi connectivity index (χ3n) is 7.82. The minimum absolute atomic E-state index is 0.359. The molecule has 8 nitrogen and oxygen atoms in total. The number of hydrogen-bond acceptors (Lipinski definition) is 7. The van der Waals surface area contributed by atoms with Gasteiger partial charge in [-0.25, -0.2) is 4.79 Å². The van der Waals surface area contributed by atoms with Gasteiger partial charge in [0.05, 0.1) is 11.2 Å². The second kappa shape index (κ2) is 13.2. The van der Waals surface area contributed by atoms with Gasteiger partial charge in [-0.3, -0.25) is 9.97 Å². The van der Waals surface area contributed by atoms with Crippen molar-refractivity contribution < 1.29 is 19.5 Å². The van der Waals surface area contributed by atoms with E-state index in [4.69, 9.17) is 14.7 Å². The molecule has 45 heavy (non-hydrogen) atoms. The Hall–Kier alpha value is -4.63. The van der Waals surface area contributed by atoms with Gasteiger partial charge < -0.3 is 19.2 Å². The maximum absolute atomic E-state index is 10.9. The van der Waals surface area contributed by atoms with Crippen LogP contribution >= 0.6 is 11.8 Å². The van der Waals surface area contributed by atoms with Gasteiger partial charge in [0.25, 0.3) is 0 Å². The zero-order valence-electron chi connectivity index (χ0n) is 25.6. The number of carboxylic acids is 1. The summed E-state index contributed by atoms with van der Waals surface area (Å²) in [6, 6.07) is 22.7. The Labute approximate surface area is 267 Å². The molecule has 1 aliphatic heterocycles. The van der Waals surface area contributed by atoms with Crippen molar-refractivity contribution in [1.82, 2.24) is 14.5 Å². The molecular formula is C36H36N4O4S. The van der Waals surface area contributed by atoms with E-state index in [0.29, 0.717) is 24.8 Å². The predicted molar refractivity (Wildman–Crippen MR) is 178 cm³/mol. The Morgan fingerprint density at radius 3 is 2.67 bits per heavy atom. The lowest BCUT2D eigenvalue weighted by atomic mass is 9.89. The summed E-state index contributed by atoms with van der Waals surface area (Å²) in [7, 11) is 0. The number of ether oxygens (including phenoxy) is 1. The van der Waals surface area contributed by atoms with Crippen molar-refractivity contribution >= 4 is 34.8 Å². The minimum atomic E-state index is -1.05. The molecule has 0 radical (unpaired) electrons. The fourth-order valence-electron chi connectivity index (χ4n) is 5.75. The number of benzene rings is 2. The Kier molecular flexibility index (Phi) is 8.89. The molecule has 0 amide bonds. The molecule has 0 aliphatic carbocycles. The average molecular weight is 621 g/mol. The molecule has 0 saturated carbocycles. The zero-order chi connectivity index (χ0) is 31.4. The van der Waals surface area contributed by atoms with E-state index in [2.05, 4.69) is 76.9 Å².